The second-order valence-electron chi connectivity index (χ2n) is 9.22. The highest BCUT2D eigenvalue weighted by Crippen LogP contribution is 2.17. The normalized spacial score (nSPS) is 13.1. The molecule has 0 aliphatic carbocycles. The zero-order chi connectivity index (χ0) is 28.1. The minimum atomic E-state index is -1.10. The largest absolute Gasteiger partial charge is 0.497 e. The maximum atomic E-state index is 13.0. The van der Waals surface area contributed by atoms with Crippen molar-refractivity contribution in [3.05, 3.63) is 65.7 Å². The summed E-state index contributed by atoms with van der Waals surface area (Å²) in [5, 5.41) is 17.9. The molecule has 2 aromatic rings. The lowest BCUT2D eigenvalue weighted by atomic mass is 10.0. The van der Waals surface area contributed by atoms with Crippen molar-refractivity contribution in [1.82, 2.24) is 16.0 Å². The Balaban J connectivity index is 1.92. The summed E-state index contributed by atoms with van der Waals surface area (Å²) in [6.45, 7) is 5.29. The van der Waals surface area contributed by atoms with Crippen LogP contribution < -0.4 is 20.7 Å². The molecule has 4 N–H and O–H groups in total. The minimum Gasteiger partial charge on any atom is -0.497 e. The van der Waals surface area contributed by atoms with Crippen molar-refractivity contribution in [3.8, 4) is 5.75 Å². The summed E-state index contributed by atoms with van der Waals surface area (Å²) >= 11 is 0. The molecule has 0 aromatic heterocycles. The van der Waals surface area contributed by atoms with Gasteiger partial charge in [-0.3, -0.25) is 14.4 Å². The van der Waals surface area contributed by atoms with Crippen LogP contribution in [0.2, 0.25) is 0 Å². The van der Waals surface area contributed by atoms with E-state index in [0.29, 0.717) is 17.7 Å². The number of hydrogen-bond donors (Lipinski definition) is 4. The number of ketones is 1. The van der Waals surface area contributed by atoms with Crippen LogP contribution in [0, 0.1) is 5.92 Å². The number of hydrogen-bond acceptors (Lipinski definition) is 7. The molecule has 0 saturated carbocycles. The number of ether oxygens (including phenoxy) is 2. The van der Waals surface area contributed by atoms with Crippen LogP contribution in [0.4, 0.5) is 4.79 Å². The summed E-state index contributed by atoms with van der Waals surface area (Å²) < 4.78 is 10.3. The SMILES string of the molecule is CCC(NC(=O)[C@H](CC(C)C)NC(=O)OCc1ccccc1)C(=O)C(=O)NCC(O)c1ccc(OC)cc1. The molecule has 0 bridgehead atoms. The Bertz CT molecular complexity index is 1060. The molecule has 3 amide bonds. The van der Waals surface area contributed by atoms with Gasteiger partial charge in [0.2, 0.25) is 11.7 Å². The molecule has 2 rings (SSSR count). The van der Waals surface area contributed by atoms with Gasteiger partial charge in [0.05, 0.1) is 19.3 Å². The topological polar surface area (TPSA) is 143 Å². The third-order valence-electron chi connectivity index (χ3n) is 5.75. The van der Waals surface area contributed by atoms with E-state index in [1.165, 1.54) is 7.11 Å². The Kier molecular flexibility index (Phi) is 12.2. The van der Waals surface area contributed by atoms with Crippen LogP contribution in [0.3, 0.4) is 0 Å². The van der Waals surface area contributed by atoms with Gasteiger partial charge in [-0.15, -0.1) is 0 Å². The lowest BCUT2D eigenvalue weighted by Gasteiger charge is -2.23. The van der Waals surface area contributed by atoms with E-state index in [4.69, 9.17) is 9.47 Å². The van der Waals surface area contributed by atoms with Crippen molar-refractivity contribution >= 4 is 23.7 Å². The lowest BCUT2D eigenvalue weighted by molar-refractivity contribution is -0.140. The first-order valence-corrected chi connectivity index (χ1v) is 12.6. The molecule has 38 heavy (non-hydrogen) atoms. The highest BCUT2D eigenvalue weighted by molar-refractivity contribution is 6.38. The number of benzene rings is 2. The standard InChI is InChI=1S/C28H37N3O7/c1-5-22(25(33)27(35)29-16-24(32)20-11-13-21(37-4)14-12-20)30-26(34)23(15-18(2)3)31-28(36)38-17-19-9-7-6-8-10-19/h6-14,18,22-24,32H,5,15-17H2,1-4H3,(H,29,35)(H,30,34)(H,31,36)/t22?,23-,24?/m0/s1. The summed E-state index contributed by atoms with van der Waals surface area (Å²) in [4.78, 5) is 50.5. The molecule has 10 nitrogen and oxygen atoms in total. The van der Waals surface area contributed by atoms with Crippen LogP contribution in [0.15, 0.2) is 54.6 Å². The first-order chi connectivity index (χ1) is 18.1. The monoisotopic (exact) mass is 527 g/mol. The van der Waals surface area contributed by atoms with E-state index in [2.05, 4.69) is 16.0 Å². The van der Waals surface area contributed by atoms with Gasteiger partial charge in [0.1, 0.15) is 18.4 Å². The Hall–Kier alpha value is -3.92. The van der Waals surface area contributed by atoms with Gasteiger partial charge in [0.25, 0.3) is 5.91 Å². The molecule has 0 fully saturated rings. The Morgan fingerprint density at radius 1 is 0.921 bits per heavy atom. The summed E-state index contributed by atoms with van der Waals surface area (Å²) in [6.07, 6.45) is -1.34. The molecule has 2 unspecified atom stereocenters. The van der Waals surface area contributed by atoms with Crippen LogP contribution >= 0.6 is 0 Å². The number of nitrogens with one attached hydrogen (secondary N) is 3. The predicted molar refractivity (Wildman–Crippen MR) is 141 cm³/mol. The minimum absolute atomic E-state index is 0.0430. The maximum Gasteiger partial charge on any atom is 0.408 e. The summed E-state index contributed by atoms with van der Waals surface area (Å²) in [6, 6.07) is 13.7. The van der Waals surface area contributed by atoms with Gasteiger partial charge in [0.15, 0.2) is 0 Å². The fourth-order valence-corrected chi connectivity index (χ4v) is 3.61. The summed E-state index contributed by atoms with van der Waals surface area (Å²) in [7, 11) is 1.53. The van der Waals surface area contributed by atoms with Crippen molar-refractivity contribution in [2.75, 3.05) is 13.7 Å². The molecule has 0 heterocycles. The van der Waals surface area contributed by atoms with E-state index in [1.807, 2.05) is 44.2 Å². The zero-order valence-electron chi connectivity index (χ0n) is 22.2. The van der Waals surface area contributed by atoms with E-state index in [1.54, 1.807) is 31.2 Å². The van der Waals surface area contributed by atoms with Crippen LogP contribution in [-0.2, 0) is 25.7 Å². The molecule has 0 aliphatic heterocycles. The predicted octanol–water partition coefficient (Wildman–Crippen LogP) is 2.65. The number of methoxy groups -OCH3 is 1. The van der Waals surface area contributed by atoms with Crippen molar-refractivity contribution in [1.29, 1.82) is 0 Å². The summed E-state index contributed by atoms with van der Waals surface area (Å²) in [5.41, 5.74) is 1.34. The van der Waals surface area contributed by atoms with E-state index in [0.717, 1.165) is 5.56 Å². The van der Waals surface area contributed by atoms with Gasteiger partial charge in [-0.05, 0) is 42.0 Å². The van der Waals surface area contributed by atoms with Gasteiger partial charge >= 0.3 is 6.09 Å². The van der Waals surface area contributed by atoms with Gasteiger partial charge < -0.3 is 30.5 Å². The molecule has 2 aromatic carbocycles. The van der Waals surface area contributed by atoms with Gasteiger partial charge in [-0.25, -0.2) is 4.79 Å². The molecule has 0 aliphatic rings. The smallest absolute Gasteiger partial charge is 0.408 e. The molecule has 0 spiro atoms. The number of Topliss-reactive ketones (excluding diaryl/α,β-unsaturated/α-hetero) is 1. The first-order valence-electron chi connectivity index (χ1n) is 12.6. The maximum absolute atomic E-state index is 13.0. The van der Waals surface area contributed by atoms with E-state index >= 15 is 0 Å². The number of carbonyl (C=O) groups is 4. The Labute approximate surface area is 223 Å². The van der Waals surface area contributed by atoms with E-state index < -0.39 is 41.9 Å². The lowest BCUT2D eigenvalue weighted by Crippen LogP contribution is -2.54. The highest BCUT2D eigenvalue weighted by Gasteiger charge is 2.30. The zero-order valence-corrected chi connectivity index (χ0v) is 22.2. The highest BCUT2D eigenvalue weighted by atomic mass is 16.5. The average Bonchev–Trinajstić information content (AvgIpc) is 2.92. The number of aliphatic hydroxyl groups excluding tert-OH is 1. The number of carbonyl (C=O) groups excluding carboxylic acids is 4. The van der Waals surface area contributed by atoms with Gasteiger partial charge in [0, 0.05) is 6.54 Å². The third-order valence-corrected chi connectivity index (χ3v) is 5.75. The molecule has 0 radical (unpaired) electrons. The van der Waals surface area contributed by atoms with Crippen LogP contribution in [0.5, 0.6) is 5.75 Å². The fraction of sp³-hybridized carbons (Fsp3) is 0.429. The average molecular weight is 528 g/mol. The third kappa shape index (κ3) is 9.85. The second kappa shape index (κ2) is 15.4. The molecule has 206 valence electrons. The van der Waals surface area contributed by atoms with Crippen molar-refractivity contribution in [2.24, 2.45) is 5.92 Å². The number of alkyl carbamates (subject to hydrolysis) is 1. The van der Waals surface area contributed by atoms with E-state index in [9.17, 15) is 24.3 Å². The molecule has 3 atom stereocenters. The van der Waals surface area contributed by atoms with Gasteiger partial charge in [-0.2, -0.15) is 0 Å². The number of rotatable bonds is 14. The van der Waals surface area contributed by atoms with Crippen LogP contribution in [0.25, 0.3) is 0 Å². The van der Waals surface area contributed by atoms with Crippen LogP contribution in [0.1, 0.15) is 50.8 Å². The summed E-state index contributed by atoms with van der Waals surface area (Å²) in [5.74, 6) is -1.70. The molecular formula is C28H37N3O7. The molecular weight excluding hydrogens is 490 g/mol. The first kappa shape index (κ1) is 30.3. The van der Waals surface area contributed by atoms with Crippen molar-refractivity contribution < 1.29 is 33.8 Å². The Morgan fingerprint density at radius 2 is 1.58 bits per heavy atom. The van der Waals surface area contributed by atoms with Crippen LogP contribution in [-0.4, -0.2) is 54.5 Å². The molecule has 10 heteroatoms. The second-order valence-corrected chi connectivity index (χ2v) is 9.22. The van der Waals surface area contributed by atoms with Crippen molar-refractivity contribution in [3.63, 3.8) is 0 Å². The fourth-order valence-electron chi connectivity index (χ4n) is 3.61. The van der Waals surface area contributed by atoms with E-state index in [-0.39, 0.29) is 25.5 Å². The van der Waals surface area contributed by atoms with Crippen molar-refractivity contribution in [2.45, 2.75) is 58.4 Å². The number of amides is 3. The Morgan fingerprint density at radius 3 is 2.16 bits per heavy atom. The number of aliphatic hydroxyl groups is 1. The van der Waals surface area contributed by atoms with Gasteiger partial charge in [-0.1, -0.05) is 63.2 Å². The molecule has 0 saturated heterocycles. The quantitative estimate of drug-likeness (QED) is 0.277.